The Balaban J connectivity index is 2.94. The number of rotatable bonds is 5. The second-order valence-corrected chi connectivity index (χ2v) is 3.64. The van der Waals surface area contributed by atoms with E-state index in [1.807, 2.05) is 0 Å². The number of halogens is 1. The number of hydrogen-bond acceptors (Lipinski definition) is 4. The van der Waals surface area contributed by atoms with Crippen molar-refractivity contribution < 1.29 is 19.1 Å². The summed E-state index contributed by atoms with van der Waals surface area (Å²) < 4.78 is 12.9. The van der Waals surface area contributed by atoms with E-state index in [0.29, 0.717) is 6.54 Å². The number of aromatic nitrogens is 1. The predicted molar refractivity (Wildman–Crippen MR) is 63.1 cm³/mol. The molecule has 1 aromatic heterocycles. The van der Waals surface area contributed by atoms with Gasteiger partial charge >= 0.3 is 5.97 Å². The molecule has 18 heavy (non-hydrogen) atoms. The number of anilines is 1. The van der Waals surface area contributed by atoms with Gasteiger partial charge < -0.3 is 15.3 Å². The Hall–Kier alpha value is -2.18. The Bertz CT molecular complexity index is 465. The molecule has 0 unspecified atom stereocenters. The number of nitrogens with zero attached hydrogens (tertiary/aromatic N) is 2. The molecule has 0 saturated heterocycles. The summed E-state index contributed by atoms with van der Waals surface area (Å²) in [6, 6.07) is 0.874. The van der Waals surface area contributed by atoms with Gasteiger partial charge in [-0.15, -0.1) is 0 Å². The minimum Gasteiger partial charge on any atom is -0.478 e. The highest BCUT2D eigenvalue weighted by Crippen LogP contribution is 2.17. The third-order valence-corrected chi connectivity index (χ3v) is 2.18. The van der Waals surface area contributed by atoms with Gasteiger partial charge in [-0.2, -0.15) is 0 Å². The maximum atomic E-state index is 12.9. The molecule has 0 aromatic carbocycles. The Morgan fingerprint density at radius 3 is 2.78 bits per heavy atom. The van der Waals surface area contributed by atoms with Gasteiger partial charge in [-0.3, -0.25) is 4.79 Å². The van der Waals surface area contributed by atoms with Crippen LogP contribution in [0.25, 0.3) is 0 Å². The number of carbonyl (C=O) groups is 2. The summed E-state index contributed by atoms with van der Waals surface area (Å²) in [5.74, 6) is -2.24. The first kappa shape index (κ1) is 13.9. The second kappa shape index (κ2) is 5.95. The van der Waals surface area contributed by atoms with Crippen LogP contribution in [0, 0.1) is 5.82 Å². The van der Waals surface area contributed by atoms with Gasteiger partial charge in [0.1, 0.15) is 17.2 Å². The Morgan fingerprint density at radius 1 is 1.56 bits per heavy atom. The van der Waals surface area contributed by atoms with Gasteiger partial charge in [0, 0.05) is 13.6 Å². The average Bonchev–Trinajstić information content (AvgIpc) is 2.28. The van der Waals surface area contributed by atoms with E-state index in [2.05, 4.69) is 10.3 Å². The van der Waals surface area contributed by atoms with Crippen molar-refractivity contribution in [1.29, 1.82) is 0 Å². The Kier molecular flexibility index (Phi) is 4.59. The van der Waals surface area contributed by atoms with Crippen LogP contribution in [0.4, 0.5) is 10.2 Å². The molecule has 1 heterocycles. The van der Waals surface area contributed by atoms with Crippen LogP contribution in [-0.4, -0.2) is 42.1 Å². The van der Waals surface area contributed by atoms with Crippen molar-refractivity contribution in [2.45, 2.75) is 6.92 Å². The summed E-state index contributed by atoms with van der Waals surface area (Å²) in [6.45, 7) is 2.21. The minimum absolute atomic E-state index is 0.0489. The summed E-state index contributed by atoms with van der Waals surface area (Å²) in [6.07, 6.45) is 0.913. The maximum absolute atomic E-state index is 12.9. The van der Waals surface area contributed by atoms with Crippen LogP contribution in [0.3, 0.4) is 0 Å². The first-order valence-corrected chi connectivity index (χ1v) is 5.32. The molecule has 1 aromatic rings. The molecular weight excluding hydrogens is 241 g/mol. The molecule has 1 rings (SSSR count). The smallest absolute Gasteiger partial charge is 0.339 e. The van der Waals surface area contributed by atoms with Gasteiger partial charge in [0.05, 0.1) is 12.7 Å². The van der Waals surface area contributed by atoms with Crippen LogP contribution >= 0.6 is 0 Å². The molecule has 6 nitrogen and oxygen atoms in total. The van der Waals surface area contributed by atoms with E-state index in [1.54, 1.807) is 6.92 Å². The molecule has 2 N–H and O–H groups in total. The number of carboxylic acids is 1. The van der Waals surface area contributed by atoms with Gasteiger partial charge in [-0.05, 0) is 13.0 Å². The molecule has 0 aliphatic rings. The summed E-state index contributed by atoms with van der Waals surface area (Å²) in [5, 5.41) is 11.5. The van der Waals surface area contributed by atoms with Gasteiger partial charge in [0.2, 0.25) is 5.91 Å². The third-order valence-electron chi connectivity index (χ3n) is 2.18. The largest absolute Gasteiger partial charge is 0.478 e. The molecule has 0 fully saturated rings. The highest BCUT2D eigenvalue weighted by molar-refractivity contribution is 5.94. The first-order chi connectivity index (χ1) is 8.45. The van der Waals surface area contributed by atoms with Crippen LogP contribution in [0.1, 0.15) is 17.3 Å². The number of nitrogens with one attached hydrogen (secondary N) is 1. The van der Waals surface area contributed by atoms with E-state index >= 15 is 0 Å². The number of carbonyl (C=O) groups excluding carboxylic acids is 1. The zero-order valence-corrected chi connectivity index (χ0v) is 10.1. The van der Waals surface area contributed by atoms with E-state index < -0.39 is 11.8 Å². The molecule has 0 atom stereocenters. The Labute approximate surface area is 103 Å². The van der Waals surface area contributed by atoms with Crippen molar-refractivity contribution in [3.63, 3.8) is 0 Å². The fourth-order valence-electron chi connectivity index (χ4n) is 1.44. The first-order valence-electron chi connectivity index (χ1n) is 5.32. The highest BCUT2D eigenvalue weighted by Gasteiger charge is 2.17. The fraction of sp³-hybridized carbons (Fsp3) is 0.364. The zero-order chi connectivity index (χ0) is 13.7. The molecular formula is C11H14FN3O3. The van der Waals surface area contributed by atoms with E-state index in [4.69, 9.17) is 5.11 Å². The lowest BCUT2D eigenvalue weighted by Gasteiger charge is -2.19. The number of carboxylic acid groups (broad SMARTS) is 1. The van der Waals surface area contributed by atoms with Gasteiger partial charge in [-0.25, -0.2) is 14.2 Å². The number of pyridine rings is 1. The lowest BCUT2D eigenvalue weighted by molar-refractivity contribution is -0.119. The normalized spacial score (nSPS) is 9.94. The predicted octanol–water partition coefficient (Wildman–Crippen LogP) is 0.491. The number of likely N-dealkylation sites (N-methyl/N-ethyl adjacent to an activating group) is 2. The van der Waals surface area contributed by atoms with Crippen molar-refractivity contribution in [2.24, 2.45) is 0 Å². The van der Waals surface area contributed by atoms with Crippen LogP contribution in [0.5, 0.6) is 0 Å². The molecule has 0 spiro atoms. The molecule has 98 valence electrons. The summed E-state index contributed by atoms with van der Waals surface area (Å²) >= 11 is 0. The molecule has 0 aliphatic heterocycles. The summed E-state index contributed by atoms with van der Waals surface area (Å²) in [7, 11) is 1.52. The molecule has 0 bridgehead atoms. The SMILES string of the molecule is CCNC(=O)CN(C)c1ncc(F)cc1C(=O)O. The molecule has 7 heteroatoms. The average molecular weight is 255 g/mol. The maximum Gasteiger partial charge on any atom is 0.339 e. The van der Waals surface area contributed by atoms with Gasteiger partial charge in [-0.1, -0.05) is 0 Å². The van der Waals surface area contributed by atoms with E-state index in [9.17, 15) is 14.0 Å². The van der Waals surface area contributed by atoms with Crippen molar-refractivity contribution in [2.75, 3.05) is 25.0 Å². The monoisotopic (exact) mass is 255 g/mol. The lowest BCUT2D eigenvalue weighted by atomic mass is 10.2. The van der Waals surface area contributed by atoms with Crippen molar-refractivity contribution in [3.05, 3.63) is 23.6 Å². The van der Waals surface area contributed by atoms with Crippen LogP contribution in [-0.2, 0) is 4.79 Å². The summed E-state index contributed by atoms with van der Waals surface area (Å²) in [4.78, 5) is 27.4. The van der Waals surface area contributed by atoms with Crippen LogP contribution in [0.2, 0.25) is 0 Å². The molecule has 1 amide bonds. The molecule has 0 saturated carbocycles. The van der Waals surface area contributed by atoms with Crippen molar-refractivity contribution in [3.8, 4) is 0 Å². The minimum atomic E-state index is -1.29. The quantitative estimate of drug-likeness (QED) is 0.800. The van der Waals surface area contributed by atoms with Gasteiger partial charge in [0.25, 0.3) is 0 Å². The topological polar surface area (TPSA) is 82.5 Å². The van der Waals surface area contributed by atoms with Gasteiger partial charge in [0.15, 0.2) is 0 Å². The summed E-state index contributed by atoms with van der Waals surface area (Å²) in [5.41, 5.74) is -0.276. The Morgan fingerprint density at radius 2 is 2.22 bits per heavy atom. The zero-order valence-electron chi connectivity index (χ0n) is 10.1. The van der Waals surface area contributed by atoms with E-state index in [0.717, 1.165) is 12.3 Å². The molecule has 0 aliphatic carbocycles. The van der Waals surface area contributed by atoms with Crippen molar-refractivity contribution in [1.82, 2.24) is 10.3 Å². The highest BCUT2D eigenvalue weighted by atomic mass is 19.1. The number of amides is 1. The van der Waals surface area contributed by atoms with E-state index in [-0.39, 0.29) is 23.8 Å². The standard InChI is InChI=1S/C11H14FN3O3/c1-3-13-9(16)6-15(2)10-8(11(17)18)4-7(12)5-14-10/h4-5H,3,6H2,1-2H3,(H,13,16)(H,17,18). The van der Waals surface area contributed by atoms with Crippen molar-refractivity contribution >= 4 is 17.7 Å². The molecule has 0 radical (unpaired) electrons. The van der Waals surface area contributed by atoms with Crippen LogP contribution in [0.15, 0.2) is 12.3 Å². The fourth-order valence-corrected chi connectivity index (χ4v) is 1.44. The number of aromatic carboxylic acids is 1. The van der Waals surface area contributed by atoms with Crippen LogP contribution < -0.4 is 10.2 Å². The lowest BCUT2D eigenvalue weighted by Crippen LogP contribution is -2.36. The second-order valence-electron chi connectivity index (χ2n) is 3.64. The number of hydrogen-bond donors (Lipinski definition) is 2. The van der Waals surface area contributed by atoms with E-state index in [1.165, 1.54) is 11.9 Å². The third kappa shape index (κ3) is 3.41.